The molecule has 3 aromatic heterocycles. The zero-order valence-corrected chi connectivity index (χ0v) is 70.1. The van der Waals surface area contributed by atoms with Gasteiger partial charge < -0.3 is 109 Å². The number of hydrogen-bond acceptors (Lipinski definition) is 30. The van der Waals surface area contributed by atoms with Crippen LogP contribution >= 0.6 is 0 Å². The van der Waals surface area contributed by atoms with Crippen molar-refractivity contribution in [3.05, 3.63) is 99.9 Å². The largest absolute Gasteiger partial charge is 0.480 e. The number of fused-ring (bicyclic) bond motifs is 1. The van der Waals surface area contributed by atoms with Crippen LogP contribution < -0.4 is 70.2 Å². The number of nitrogen functional groups attached to an aromatic ring is 1. The van der Waals surface area contributed by atoms with E-state index in [4.69, 9.17) is 25.7 Å². The highest BCUT2D eigenvalue weighted by Crippen LogP contribution is 2.19. The number of unbranched alkanes of at least 4 members (excludes halogenated alkanes) is 2. The number of nitrogens with two attached hydrogens (primary N) is 2. The molecule has 0 spiro atoms. The summed E-state index contributed by atoms with van der Waals surface area (Å²) in [6.07, 6.45) is 2.72. The number of aryl methyl sites for hydroxylation is 1. The first kappa shape index (κ1) is 102. The molecule has 4 heterocycles. The lowest BCUT2D eigenvalue weighted by atomic mass is 9.96. The number of H-pyrrole nitrogens is 1. The number of primary amides is 1. The highest BCUT2D eigenvalue weighted by molar-refractivity contribution is 5.97. The Morgan fingerprint density at radius 1 is 0.563 bits per heavy atom. The molecular formula is C79H114N22O25. The van der Waals surface area contributed by atoms with Gasteiger partial charge >= 0.3 is 29.8 Å². The third-order valence-electron chi connectivity index (χ3n) is 19.5. The minimum absolute atomic E-state index is 0.000888. The van der Waals surface area contributed by atoms with Gasteiger partial charge in [0.05, 0.1) is 95.9 Å². The van der Waals surface area contributed by atoms with Crippen LogP contribution in [0, 0.1) is 5.92 Å². The van der Waals surface area contributed by atoms with E-state index in [1.165, 1.54) is 43.1 Å². The van der Waals surface area contributed by atoms with Crippen molar-refractivity contribution >= 4 is 112 Å². The van der Waals surface area contributed by atoms with Crippen molar-refractivity contribution < 1.29 is 117 Å². The molecule has 10 amide bonds. The van der Waals surface area contributed by atoms with Gasteiger partial charge in [-0.2, -0.15) is 4.98 Å². The van der Waals surface area contributed by atoms with Gasteiger partial charge in [0.15, 0.2) is 11.2 Å². The fraction of sp³-hybridized carbons (Fsp3) is 0.557. The molecule has 5 aromatic rings. The predicted molar refractivity (Wildman–Crippen MR) is 445 cm³/mol. The monoisotopic (exact) mass is 1770 g/mol. The van der Waals surface area contributed by atoms with Gasteiger partial charge in [-0.3, -0.25) is 91.5 Å². The fourth-order valence-corrected chi connectivity index (χ4v) is 12.9. The van der Waals surface area contributed by atoms with E-state index in [1.54, 1.807) is 57.2 Å². The lowest BCUT2D eigenvalue weighted by Crippen LogP contribution is -2.54. The molecule has 7 atom stereocenters. The van der Waals surface area contributed by atoms with Crippen LogP contribution in [-0.4, -0.2) is 330 Å². The van der Waals surface area contributed by atoms with Crippen LogP contribution in [0.15, 0.2) is 71.8 Å². The number of anilines is 2. The number of rotatable bonds is 56. The minimum atomic E-state index is -1.51. The molecule has 1 aliphatic rings. The molecule has 690 valence electrons. The molecule has 126 heavy (non-hydrogen) atoms. The number of benzene rings is 2. The van der Waals surface area contributed by atoms with E-state index in [1.807, 2.05) is 0 Å². The van der Waals surface area contributed by atoms with Crippen LogP contribution in [0.1, 0.15) is 118 Å². The normalized spacial score (nSPS) is 14.7. The summed E-state index contributed by atoms with van der Waals surface area (Å²) in [6.45, 7) is 2.92. The first-order valence-corrected chi connectivity index (χ1v) is 41.0. The van der Waals surface area contributed by atoms with E-state index in [-0.39, 0.29) is 210 Å². The number of aromatic amines is 1. The number of aliphatic hydroxyl groups excluding tert-OH is 1. The number of carboxylic acid groups (broad SMARTS) is 5. The molecule has 0 aliphatic carbocycles. The first-order chi connectivity index (χ1) is 60.1. The van der Waals surface area contributed by atoms with Crippen LogP contribution in [0.4, 0.5) is 11.6 Å². The van der Waals surface area contributed by atoms with Crippen LogP contribution in [0.25, 0.3) is 11.2 Å². The Bertz CT molecular complexity index is 4470. The number of aliphatic hydroxyl groups is 1. The van der Waals surface area contributed by atoms with Crippen molar-refractivity contribution in [1.29, 1.82) is 0 Å². The fourth-order valence-electron chi connectivity index (χ4n) is 12.9. The number of carbonyl (C=O) groups is 15. The van der Waals surface area contributed by atoms with E-state index in [9.17, 15) is 107 Å². The number of aromatic nitrogens is 7. The standard InChI is InChI=1S/C79H114N22O25/c1-48(102)36-63(105)87-49(2)72(115)91-56(12-7-9-24-101-43-54(96-97-101)39-59(70(80)114)89-61(103)19-18-58(78(122)123)92-73(116)52-14-16-53(17-15-52)84-40-55-41-86-71-69(88-55)76(119)95-79(81)94-71)74(117)83-23-31-124-32-33-125-34-35-126-47-65(107)85-42-64(106)90-60(37-50-10-4-3-5-11-50)75(118)93-57(77(120)121)13-6-8-22-82-62(104)38-51-20-25-98(44-66(108)109)27-29-100(46-68(112)113)30-28-99(26-21-51)45-67(110)111/h3-5,10-11,14-17,41,43,48-49,51,56-60,84,102H,6-9,12-13,18-40,42,44-47H2,1-2H3,(H2,80,114)(H,82,104)(H,83,117)(H,85,107)(H,87,105)(H,89,103)(H,90,106)(H,91,115)(H,92,116)(H,93,118)(H,108,109)(H,110,111)(H,112,113)(H,120,121)(H,122,123)(H3,81,86,94,95,119)/t48-,49+,56-,57-,58-,59-,60-/m0/s1. The quantitative estimate of drug-likeness (QED) is 0.0163. The highest BCUT2D eigenvalue weighted by atomic mass is 16.5. The predicted octanol–water partition coefficient (Wildman–Crippen LogP) is -4.57. The van der Waals surface area contributed by atoms with Gasteiger partial charge in [0.2, 0.25) is 59.1 Å². The Hall–Kier alpha value is -12.8. The molecule has 21 N–H and O–H groups in total. The maximum atomic E-state index is 13.7. The van der Waals surface area contributed by atoms with E-state index in [0.29, 0.717) is 49.0 Å². The molecule has 1 fully saturated rings. The number of aliphatic carboxylic acids is 5. The van der Waals surface area contributed by atoms with E-state index < -0.39 is 150 Å². The first-order valence-electron chi connectivity index (χ1n) is 41.0. The Morgan fingerprint density at radius 3 is 1.79 bits per heavy atom. The summed E-state index contributed by atoms with van der Waals surface area (Å²) in [5, 5.41) is 92.5. The second-order valence-corrected chi connectivity index (χ2v) is 30.0. The molecule has 2 aromatic carbocycles. The molecule has 0 saturated carbocycles. The van der Waals surface area contributed by atoms with Crippen LogP contribution in [0.3, 0.4) is 0 Å². The number of amides is 10. The van der Waals surface area contributed by atoms with Gasteiger partial charge in [-0.05, 0) is 120 Å². The molecule has 0 bridgehead atoms. The van der Waals surface area contributed by atoms with Crippen molar-refractivity contribution in [2.45, 2.75) is 159 Å². The number of carbonyl (C=O) groups excluding carboxylic acids is 10. The lowest BCUT2D eigenvalue weighted by molar-refractivity contribution is -0.142. The molecular weight excluding hydrogens is 1660 g/mol. The molecule has 47 nitrogen and oxygen atoms in total. The topological polar surface area (TPSA) is 689 Å². The summed E-state index contributed by atoms with van der Waals surface area (Å²) in [5.74, 6) is -13.3. The third-order valence-corrected chi connectivity index (χ3v) is 19.5. The third kappa shape index (κ3) is 40.2. The molecule has 47 heteroatoms. The van der Waals surface area contributed by atoms with Crippen LogP contribution in [0.5, 0.6) is 0 Å². The Balaban J connectivity index is 0.859. The number of nitrogens with one attached hydrogen (secondary N) is 11. The molecule has 6 rings (SSSR count). The van der Waals surface area contributed by atoms with Gasteiger partial charge in [0.1, 0.15) is 42.9 Å². The second-order valence-electron chi connectivity index (χ2n) is 30.0. The van der Waals surface area contributed by atoms with Gasteiger partial charge in [0.25, 0.3) is 11.5 Å². The van der Waals surface area contributed by atoms with Crippen LogP contribution in [0.2, 0.25) is 0 Å². The van der Waals surface area contributed by atoms with Gasteiger partial charge in [-0.15, -0.1) is 5.10 Å². The Labute approximate surface area is 723 Å². The SMILES string of the molecule is C[C@H](O)CC(=O)N[C@H](C)C(=O)N[C@@H](CCCCn1cc(C[C@H](NC(=O)CC[C@H](NC(=O)c2ccc(NCc3cnc4nc(N)[nH]c(=O)c4n3)cc2)C(=O)O)C(N)=O)nn1)C(=O)NCCOCCOCCOCC(=O)NCC(=O)N[C@@H](Cc1ccccc1)C(=O)N[C@@H](CCCCNC(=O)CC1CCN(CC(=O)O)CCN(CC(=O)O)CCN(CC(=O)O)CC1)C(=O)O. The molecule has 1 aliphatic heterocycles. The van der Waals surface area contributed by atoms with E-state index >= 15 is 0 Å². The summed E-state index contributed by atoms with van der Waals surface area (Å²) in [5.41, 5.74) is 12.6. The zero-order valence-electron chi connectivity index (χ0n) is 70.1. The van der Waals surface area contributed by atoms with Crippen molar-refractivity contribution in [3.8, 4) is 0 Å². The highest BCUT2D eigenvalue weighted by Gasteiger charge is 2.31. The minimum Gasteiger partial charge on any atom is -0.480 e. The van der Waals surface area contributed by atoms with Crippen LogP contribution in [-0.2, 0) is 107 Å². The van der Waals surface area contributed by atoms with Crippen molar-refractivity contribution in [1.82, 2.24) is 97.5 Å². The maximum absolute atomic E-state index is 13.7. The number of hydrogen-bond donors (Lipinski definition) is 19. The lowest BCUT2D eigenvalue weighted by Gasteiger charge is -2.31. The van der Waals surface area contributed by atoms with Crippen molar-refractivity contribution in [2.75, 3.05) is 129 Å². The number of carboxylic acids is 5. The smallest absolute Gasteiger partial charge is 0.326 e. The van der Waals surface area contributed by atoms with E-state index in [2.05, 4.69) is 83.4 Å². The average molecular weight is 1770 g/mol. The van der Waals surface area contributed by atoms with Gasteiger partial charge in [-0.1, -0.05) is 35.5 Å². The molecule has 0 radical (unpaired) electrons. The Morgan fingerprint density at radius 2 is 1.16 bits per heavy atom. The number of ether oxygens (including phenoxy) is 3. The summed E-state index contributed by atoms with van der Waals surface area (Å²) < 4.78 is 17.9. The molecule has 0 unspecified atom stereocenters. The summed E-state index contributed by atoms with van der Waals surface area (Å²) >= 11 is 0. The molecule has 1 saturated heterocycles. The zero-order chi connectivity index (χ0) is 92.0. The Kier molecular flexibility index (Phi) is 44.3. The summed E-state index contributed by atoms with van der Waals surface area (Å²) in [6, 6.07) is 6.86. The van der Waals surface area contributed by atoms with Gasteiger partial charge in [0, 0.05) is 88.9 Å². The van der Waals surface area contributed by atoms with Crippen molar-refractivity contribution in [2.24, 2.45) is 11.7 Å². The van der Waals surface area contributed by atoms with Gasteiger partial charge in [-0.25, -0.2) is 19.6 Å². The van der Waals surface area contributed by atoms with Crippen molar-refractivity contribution in [3.63, 3.8) is 0 Å². The number of nitrogens with zero attached hydrogens (tertiary/aromatic N) is 9. The second kappa shape index (κ2) is 54.7. The summed E-state index contributed by atoms with van der Waals surface area (Å²) in [4.78, 5) is 222. The average Bonchev–Trinajstić information content (AvgIpc) is 0.919. The van der Waals surface area contributed by atoms with E-state index in [0.717, 1.165) is 0 Å². The summed E-state index contributed by atoms with van der Waals surface area (Å²) in [7, 11) is 0. The maximum Gasteiger partial charge on any atom is 0.326 e.